The number of hydrogen-bond acceptors (Lipinski definition) is 3. The molecule has 28 heavy (non-hydrogen) atoms. The lowest BCUT2D eigenvalue weighted by atomic mass is 10.1. The summed E-state index contributed by atoms with van der Waals surface area (Å²) in [6.07, 6.45) is 15.7. The molecule has 0 radical (unpaired) electrons. The van der Waals surface area contributed by atoms with Gasteiger partial charge in [0.2, 0.25) is 0 Å². The van der Waals surface area contributed by atoms with Crippen LogP contribution in [-0.2, 0) is 12.8 Å². The zero-order valence-electron chi connectivity index (χ0n) is 17.2. The first-order valence-electron chi connectivity index (χ1n) is 10.7. The Kier molecular flexibility index (Phi) is 7.71. The average Bonchev–Trinajstić information content (AvgIpc) is 2.75. The zero-order chi connectivity index (χ0) is 19.6. The van der Waals surface area contributed by atoms with E-state index in [0.29, 0.717) is 0 Å². The van der Waals surface area contributed by atoms with Crippen LogP contribution in [0.4, 0.5) is 0 Å². The standard InChI is InChI=1S/C25H31N3/c1-3-5-6-7-8-10-21-18-27-25(28-19-21)23-14-12-22(13-15-23)24-16-11-20(9-4-2)17-26-24/h11-19H,3-10H2,1-2H3. The summed E-state index contributed by atoms with van der Waals surface area (Å²) in [6, 6.07) is 12.6. The Morgan fingerprint density at radius 2 is 1.25 bits per heavy atom. The number of aromatic nitrogens is 3. The van der Waals surface area contributed by atoms with Crippen molar-refractivity contribution in [2.24, 2.45) is 0 Å². The Hall–Kier alpha value is -2.55. The van der Waals surface area contributed by atoms with Crippen LogP contribution in [-0.4, -0.2) is 15.0 Å². The Bertz CT molecular complexity index is 821. The van der Waals surface area contributed by atoms with Crippen LogP contribution in [0.5, 0.6) is 0 Å². The molecular weight excluding hydrogens is 342 g/mol. The van der Waals surface area contributed by atoms with Gasteiger partial charge >= 0.3 is 0 Å². The maximum absolute atomic E-state index is 4.60. The van der Waals surface area contributed by atoms with Gasteiger partial charge in [-0.1, -0.05) is 76.3 Å². The van der Waals surface area contributed by atoms with E-state index in [1.54, 1.807) is 0 Å². The highest BCUT2D eigenvalue weighted by atomic mass is 14.9. The normalized spacial score (nSPS) is 10.9. The van der Waals surface area contributed by atoms with Crippen LogP contribution in [0.15, 0.2) is 55.0 Å². The molecule has 0 saturated carbocycles. The summed E-state index contributed by atoms with van der Waals surface area (Å²) in [4.78, 5) is 13.7. The zero-order valence-corrected chi connectivity index (χ0v) is 17.2. The molecule has 3 rings (SSSR count). The first kappa shape index (κ1) is 20.2. The van der Waals surface area contributed by atoms with E-state index in [-0.39, 0.29) is 0 Å². The monoisotopic (exact) mass is 373 g/mol. The van der Waals surface area contributed by atoms with Crippen molar-refractivity contribution in [2.75, 3.05) is 0 Å². The van der Waals surface area contributed by atoms with Crippen LogP contribution in [0.25, 0.3) is 22.6 Å². The second-order valence-corrected chi connectivity index (χ2v) is 7.46. The van der Waals surface area contributed by atoms with Crippen molar-refractivity contribution in [1.29, 1.82) is 0 Å². The SMILES string of the molecule is CCCCCCCc1cnc(-c2ccc(-c3ccc(CCC)cn3)cc2)nc1. The minimum Gasteiger partial charge on any atom is -0.256 e. The Morgan fingerprint density at radius 1 is 0.571 bits per heavy atom. The van der Waals surface area contributed by atoms with E-state index >= 15 is 0 Å². The predicted molar refractivity (Wildman–Crippen MR) is 117 cm³/mol. The highest BCUT2D eigenvalue weighted by Crippen LogP contribution is 2.22. The van der Waals surface area contributed by atoms with Gasteiger partial charge in [-0.05, 0) is 36.5 Å². The molecule has 0 spiro atoms. The molecular formula is C25H31N3. The quantitative estimate of drug-likeness (QED) is 0.372. The number of benzene rings is 1. The highest BCUT2D eigenvalue weighted by Gasteiger charge is 2.04. The maximum Gasteiger partial charge on any atom is 0.159 e. The summed E-state index contributed by atoms with van der Waals surface area (Å²) in [5.74, 6) is 0.785. The molecule has 0 aliphatic heterocycles. The van der Waals surface area contributed by atoms with Crippen LogP contribution >= 0.6 is 0 Å². The first-order chi connectivity index (χ1) is 13.8. The lowest BCUT2D eigenvalue weighted by Crippen LogP contribution is -1.93. The molecule has 0 amide bonds. The fraction of sp³-hybridized carbons (Fsp3) is 0.400. The number of rotatable bonds is 10. The third-order valence-electron chi connectivity index (χ3n) is 5.08. The largest absolute Gasteiger partial charge is 0.256 e. The Labute approximate surface area is 169 Å². The molecule has 0 atom stereocenters. The molecule has 2 heterocycles. The third kappa shape index (κ3) is 5.72. The Balaban J connectivity index is 1.60. The van der Waals surface area contributed by atoms with Gasteiger partial charge < -0.3 is 0 Å². The molecule has 1 aromatic carbocycles. The number of unbranched alkanes of at least 4 members (excludes halogenated alkanes) is 4. The molecule has 0 N–H and O–H groups in total. The van der Waals surface area contributed by atoms with Crippen molar-refractivity contribution >= 4 is 0 Å². The molecule has 146 valence electrons. The van der Waals surface area contributed by atoms with E-state index < -0.39 is 0 Å². The van der Waals surface area contributed by atoms with Crippen molar-refractivity contribution in [3.63, 3.8) is 0 Å². The van der Waals surface area contributed by atoms with Gasteiger partial charge in [-0.3, -0.25) is 4.98 Å². The van der Waals surface area contributed by atoms with Crippen LogP contribution in [0.1, 0.15) is 63.5 Å². The predicted octanol–water partition coefficient (Wildman–Crippen LogP) is 6.67. The van der Waals surface area contributed by atoms with E-state index in [1.807, 2.05) is 18.6 Å². The van der Waals surface area contributed by atoms with Gasteiger partial charge in [0.25, 0.3) is 0 Å². The van der Waals surface area contributed by atoms with Gasteiger partial charge in [-0.25, -0.2) is 9.97 Å². The molecule has 0 unspecified atom stereocenters. The topological polar surface area (TPSA) is 38.7 Å². The second kappa shape index (κ2) is 10.7. The van der Waals surface area contributed by atoms with Crippen LogP contribution < -0.4 is 0 Å². The number of aryl methyl sites for hydroxylation is 2. The summed E-state index contributed by atoms with van der Waals surface area (Å²) in [5.41, 5.74) is 5.69. The summed E-state index contributed by atoms with van der Waals surface area (Å²) >= 11 is 0. The Morgan fingerprint density at radius 3 is 1.89 bits per heavy atom. The summed E-state index contributed by atoms with van der Waals surface area (Å²) in [6.45, 7) is 4.44. The van der Waals surface area contributed by atoms with Gasteiger partial charge in [0.1, 0.15) is 0 Å². The van der Waals surface area contributed by atoms with Crippen molar-refractivity contribution < 1.29 is 0 Å². The van der Waals surface area contributed by atoms with E-state index in [1.165, 1.54) is 43.2 Å². The summed E-state index contributed by atoms with van der Waals surface area (Å²) in [5, 5.41) is 0. The molecule has 0 fully saturated rings. The summed E-state index contributed by atoms with van der Waals surface area (Å²) in [7, 11) is 0. The van der Waals surface area contributed by atoms with E-state index in [9.17, 15) is 0 Å². The molecule has 0 bridgehead atoms. The molecule has 0 aliphatic carbocycles. The van der Waals surface area contributed by atoms with Crippen LogP contribution in [0.3, 0.4) is 0 Å². The maximum atomic E-state index is 4.60. The number of hydrogen-bond donors (Lipinski definition) is 0. The molecule has 0 saturated heterocycles. The fourth-order valence-corrected chi connectivity index (χ4v) is 3.39. The second-order valence-electron chi connectivity index (χ2n) is 7.46. The summed E-state index contributed by atoms with van der Waals surface area (Å²) < 4.78 is 0. The molecule has 3 aromatic rings. The minimum atomic E-state index is 0.785. The van der Waals surface area contributed by atoms with Gasteiger partial charge in [-0.2, -0.15) is 0 Å². The van der Waals surface area contributed by atoms with Crippen molar-refractivity contribution in [3.8, 4) is 22.6 Å². The van der Waals surface area contributed by atoms with Gasteiger partial charge in [0.05, 0.1) is 5.69 Å². The highest BCUT2D eigenvalue weighted by molar-refractivity contribution is 5.65. The third-order valence-corrected chi connectivity index (χ3v) is 5.08. The van der Waals surface area contributed by atoms with Crippen LogP contribution in [0, 0.1) is 0 Å². The number of pyridine rings is 1. The van der Waals surface area contributed by atoms with E-state index in [2.05, 4.69) is 65.2 Å². The van der Waals surface area contributed by atoms with Gasteiger partial charge in [-0.15, -0.1) is 0 Å². The van der Waals surface area contributed by atoms with Crippen molar-refractivity contribution in [3.05, 3.63) is 66.1 Å². The van der Waals surface area contributed by atoms with E-state index in [0.717, 1.165) is 41.9 Å². The average molecular weight is 374 g/mol. The van der Waals surface area contributed by atoms with Crippen molar-refractivity contribution in [2.45, 2.75) is 65.2 Å². The molecule has 2 aromatic heterocycles. The van der Waals surface area contributed by atoms with Crippen molar-refractivity contribution in [1.82, 2.24) is 15.0 Å². The molecule has 0 aliphatic rings. The van der Waals surface area contributed by atoms with Crippen LogP contribution in [0.2, 0.25) is 0 Å². The van der Waals surface area contributed by atoms with Gasteiger partial charge in [0, 0.05) is 29.7 Å². The first-order valence-corrected chi connectivity index (χ1v) is 10.7. The fourth-order valence-electron chi connectivity index (χ4n) is 3.39. The molecule has 3 heteroatoms. The van der Waals surface area contributed by atoms with E-state index in [4.69, 9.17) is 0 Å². The van der Waals surface area contributed by atoms with Gasteiger partial charge in [0.15, 0.2) is 5.82 Å². The minimum absolute atomic E-state index is 0.785. The smallest absolute Gasteiger partial charge is 0.159 e. The number of nitrogens with zero attached hydrogens (tertiary/aromatic N) is 3. The lowest BCUT2D eigenvalue weighted by Gasteiger charge is -2.06. The lowest BCUT2D eigenvalue weighted by molar-refractivity contribution is 0.631. The molecule has 3 nitrogen and oxygen atoms in total.